The molecule has 0 bridgehead atoms. The summed E-state index contributed by atoms with van der Waals surface area (Å²) in [6.45, 7) is 4.17. The lowest BCUT2D eigenvalue weighted by atomic mass is 10.1. The van der Waals surface area contributed by atoms with Gasteiger partial charge in [0.25, 0.3) is 0 Å². The first-order chi connectivity index (χ1) is 17.0. The van der Waals surface area contributed by atoms with Crippen LogP contribution in [0.5, 0.6) is 5.75 Å². The summed E-state index contributed by atoms with van der Waals surface area (Å²) < 4.78 is 5.31. The zero-order chi connectivity index (χ0) is 24.4. The summed E-state index contributed by atoms with van der Waals surface area (Å²) in [6, 6.07) is 18.4. The molecule has 0 radical (unpaired) electrons. The second-order valence-electron chi connectivity index (χ2n) is 9.07. The maximum absolute atomic E-state index is 12.8. The van der Waals surface area contributed by atoms with Gasteiger partial charge in [0.1, 0.15) is 5.75 Å². The van der Waals surface area contributed by atoms with E-state index in [4.69, 9.17) is 14.7 Å². The van der Waals surface area contributed by atoms with E-state index in [-0.39, 0.29) is 5.91 Å². The Morgan fingerprint density at radius 2 is 1.66 bits per heavy atom. The number of aryl methyl sites for hydroxylation is 4. The van der Waals surface area contributed by atoms with E-state index in [2.05, 4.69) is 43.4 Å². The Balaban J connectivity index is 1.36. The topological polar surface area (TPSA) is 63.1 Å². The zero-order valence-electron chi connectivity index (χ0n) is 20.4. The van der Waals surface area contributed by atoms with E-state index in [1.54, 1.807) is 7.11 Å². The van der Waals surface area contributed by atoms with Gasteiger partial charge in [-0.1, -0.05) is 6.07 Å². The number of carbonyl (C=O) groups is 1. The fourth-order valence-corrected chi connectivity index (χ4v) is 5.27. The van der Waals surface area contributed by atoms with E-state index in [0.717, 1.165) is 52.0 Å². The summed E-state index contributed by atoms with van der Waals surface area (Å²) in [5.41, 5.74) is 9.64. The maximum atomic E-state index is 12.8. The van der Waals surface area contributed by atoms with Crippen molar-refractivity contribution in [3.63, 3.8) is 0 Å². The summed E-state index contributed by atoms with van der Waals surface area (Å²) >= 11 is 1.48. The standard InChI is InChI=1S/C29H29N3O2S/c1-18-13-26-27(14-19(18)2)32-29(16-25(31-26)21-8-11-24(34-3)12-9-21)35-17-28(33)30-23-10-7-20-5-4-6-22(20)15-23/h7-15H,4-6,16-17H2,1-3H3,(H,30,33). The monoisotopic (exact) mass is 483 g/mol. The molecule has 3 aromatic carbocycles. The van der Waals surface area contributed by atoms with Crippen LogP contribution >= 0.6 is 11.8 Å². The number of nitrogens with one attached hydrogen (secondary N) is 1. The van der Waals surface area contributed by atoms with Crippen molar-refractivity contribution in [3.05, 3.63) is 82.4 Å². The molecule has 6 heteroatoms. The van der Waals surface area contributed by atoms with Crippen molar-refractivity contribution in [3.8, 4) is 5.75 Å². The number of fused-ring (bicyclic) bond motifs is 2. The van der Waals surface area contributed by atoms with Gasteiger partial charge in [0, 0.05) is 12.1 Å². The van der Waals surface area contributed by atoms with Crippen LogP contribution < -0.4 is 10.1 Å². The number of benzene rings is 3. The Kier molecular flexibility index (Phi) is 6.73. The Morgan fingerprint density at radius 3 is 2.40 bits per heavy atom. The molecule has 1 N–H and O–H groups in total. The molecule has 3 aromatic rings. The Labute approximate surface area is 210 Å². The first-order valence-electron chi connectivity index (χ1n) is 11.9. The molecule has 2 aliphatic rings. The van der Waals surface area contributed by atoms with Gasteiger partial charge >= 0.3 is 0 Å². The molecule has 5 nitrogen and oxygen atoms in total. The third-order valence-corrected chi connectivity index (χ3v) is 7.56. The number of amides is 1. The van der Waals surface area contributed by atoms with Crippen molar-refractivity contribution in [2.45, 2.75) is 39.5 Å². The van der Waals surface area contributed by atoms with Crippen LogP contribution in [-0.2, 0) is 17.6 Å². The SMILES string of the molecule is COc1ccc(C2=Nc3cc(C)c(C)cc3N=C(SCC(=O)Nc3ccc4c(c3)CCC4)C2)cc1. The van der Waals surface area contributed by atoms with Crippen LogP contribution in [0.1, 0.15) is 40.7 Å². The van der Waals surface area contributed by atoms with E-state index < -0.39 is 0 Å². The lowest BCUT2D eigenvalue weighted by molar-refractivity contribution is -0.113. The van der Waals surface area contributed by atoms with E-state index in [0.29, 0.717) is 12.2 Å². The molecule has 0 saturated heterocycles. The van der Waals surface area contributed by atoms with E-state index in [1.165, 1.54) is 40.4 Å². The first kappa shape index (κ1) is 23.4. The van der Waals surface area contributed by atoms with Crippen molar-refractivity contribution in [1.82, 2.24) is 0 Å². The number of methoxy groups -OCH3 is 1. The van der Waals surface area contributed by atoms with Crippen molar-refractivity contribution >= 4 is 45.5 Å². The molecule has 1 aliphatic carbocycles. The quantitative estimate of drug-likeness (QED) is 0.438. The molecular formula is C29H29N3O2S. The number of nitrogens with zero attached hydrogens (tertiary/aromatic N) is 2. The molecule has 1 heterocycles. The average Bonchev–Trinajstić information content (AvgIpc) is 3.25. The van der Waals surface area contributed by atoms with Gasteiger partial charge in [-0.25, -0.2) is 4.99 Å². The van der Waals surface area contributed by atoms with Crippen LogP contribution in [0, 0.1) is 13.8 Å². The van der Waals surface area contributed by atoms with Crippen LogP contribution in [0.25, 0.3) is 0 Å². The van der Waals surface area contributed by atoms with E-state index in [1.807, 2.05) is 30.3 Å². The third kappa shape index (κ3) is 5.33. The lowest BCUT2D eigenvalue weighted by Gasteiger charge is -2.10. The Morgan fingerprint density at radius 1 is 0.943 bits per heavy atom. The summed E-state index contributed by atoms with van der Waals surface area (Å²) in [7, 11) is 1.66. The fraction of sp³-hybridized carbons (Fsp3) is 0.276. The molecule has 1 amide bonds. The number of hydrogen-bond donors (Lipinski definition) is 1. The van der Waals surface area contributed by atoms with E-state index >= 15 is 0 Å². The molecule has 0 spiro atoms. The normalized spacial score (nSPS) is 14.4. The van der Waals surface area contributed by atoms with Gasteiger partial charge in [0.05, 0.1) is 35.0 Å². The number of aliphatic imine (C=N–C) groups is 2. The second-order valence-corrected chi connectivity index (χ2v) is 10.1. The summed E-state index contributed by atoms with van der Waals surface area (Å²) in [5, 5.41) is 3.94. The minimum atomic E-state index is -0.0249. The van der Waals surface area contributed by atoms with Gasteiger partial charge in [-0.2, -0.15) is 0 Å². The van der Waals surface area contributed by atoms with Crippen LogP contribution in [0.15, 0.2) is 64.6 Å². The van der Waals surface area contributed by atoms with Gasteiger partial charge in [0.2, 0.25) is 5.91 Å². The third-order valence-electron chi connectivity index (χ3n) is 6.59. The van der Waals surface area contributed by atoms with Crippen LogP contribution in [0.3, 0.4) is 0 Å². The molecule has 0 unspecified atom stereocenters. The Hall–Kier alpha value is -3.38. The van der Waals surface area contributed by atoms with Gasteiger partial charge < -0.3 is 10.1 Å². The lowest BCUT2D eigenvalue weighted by Crippen LogP contribution is -2.16. The molecule has 178 valence electrons. The molecule has 1 aliphatic heterocycles. The number of rotatable bonds is 5. The van der Waals surface area contributed by atoms with Crippen molar-refractivity contribution in [2.75, 3.05) is 18.2 Å². The molecule has 35 heavy (non-hydrogen) atoms. The predicted molar refractivity (Wildman–Crippen MR) is 146 cm³/mol. The number of hydrogen-bond acceptors (Lipinski definition) is 5. The minimum Gasteiger partial charge on any atom is -0.497 e. The van der Waals surface area contributed by atoms with Gasteiger partial charge in [-0.15, -0.1) is 11.8 Å². The van der Waals surface area contributed by atoms with Gasteiger partial charge in [0.15, 0.2) is 0 Å². The number of thioether (sulfide) groups is 1. The molecule has 0 atom stereocenters. The smallest absolute Gasteiger partial charge is 0.234 e. The van der Waals surface area contributed by atoms with Crippen molar-refractivity contribution in [1.29, 1.82) is 0 Å². The van der Waals surface area contributed by atoms with Crippen molar-refractivity contribution < 1.29 is 9.53 Å². The Bertz CT molecular complexity index is 1340. The van der Waals surface area contributed by atoms with Crippen LogP contribution in [0.2, 0.25) is 0 Å². The molecule has 0 fully saturated rings. The molecule has 5 rings (SSSR count). The highest BCUT2D eigenvalue weighted by molar-refractivity contribution is 8.14. The number of ether oxygens (including phenoxy) is 1. The zero-order valence-corrected chi connectivity index (χ0v) is 21.2. The number of anilines is 1. The van der Waals surface area contributed by atoms with Crippen LogP contribution in [0.4, 0.5) is 17.1 Å². The van der Waals surface area contributed by atoms with Gasteiger partial charge in [-0.05, 0) is 109 Å². The van der Waals surface area contributed by atoms with Crippen LogP contribution in [-0.4, -0.2) is 29.5 Å². The van der Waals surface area contributed by atoms with Gasteiger partial charge in [-0.3, -0.25) is 9.79 Å². The first-order valence-corrected chi connectivity index (χ1v) is 12.9. The second kappa shape index (κ2) is 10.1. The maximum Gasteiger partial charge on any atom is 0.234 e. The summed E-state index contributed by atoms with van der Waals surface area (Å²) in [6.07, 6.45) is 3.99. The number of carbonyl (C=O) groups excluding carboxylic acids is 1. The highest BCUT2D eigenvalue weighted by atomic mass is 32.2. The molecule has 0 saturated carbocycles. The summed E-state index contributed by atoms with van der Waals surface area (Å²) in [4.78, 5) is 22.7. The highest BCUT2D eigenvalue weighted by Gasteiger charge is 2.18. The highest BCUT2D eigenvalue weighted by Crippen LogP contribution is 2.36. The van der Waals surface area contributed by atoms with E-state index in [9.17, 15) is 4.79 Å². The summed E-state index contributed by atoms with van der Waals surface area (Å²) in [5.74, 6) is 1.08. The molecule has 0 aromatic heterocycles. The average molecular weight is 484 g/mol. The predicted octanol–water partition coefficient (Wildman–Crippen LogP) is 6.73. The largest absolute Gasteiger partial charge is 0.497 e. The minimum absolute atomic E-state index is 0.0249. The fourth-order valence-electron chi connectivity index (χ4n) is 4.50. The van der Waals surface area contributed by atoms with Crippen molar-refractivity contribution in [2.24, 2.45) is 9.98 Å². The molecular weight excluding hydrogens is 454 g/mol.